The number of aromatic nitrogens is 1. The molecule has 0 saturated carbocycles. The smallest absolute Gasteiger partial charge is 0.283 e. The van der Waals surface area contributed by atoms with Crippen molar-refractivity contribution in [2.75, 3.05) is 5.73 Å². The maximum atomic E-state index is 11.9. The number of anilines is 1. The molecule has 2 rings (SSSR count). The number of aryl methyl sites for hydroxylation is 1. The van der Waals surface area contributed by atoms with E-state index in [1.54, 1.807) is 26.0 Å². The number of thiazole rings is 1. The Morgan fingerprint density at radius 1 is 1.40 bits per heavy atom. The standard InChI is InChI=1S/C13H13ClN4OS/c1-7(9-3-5-10(14)6-4-9)17-18-12(19)11-8(2)16-13(15)20-11/h3-6H,1-2H3,(H2,15,16)(H,18,19)/b17-7+. The third-order valence-corrected chi connectivity index (χ3v) is 3.84. The second-order valence-corrected chi connectivity index (χ2v) is 5.58. The van der Waals surface area contributed by atoms with E-state index in [2.05, 4.69) is 15.5 Å². The number of hydrogen-bond acceptors (Lipinski definition) is 5. The number of nitrogens with one attached hydrogen (secondary N) is 1. The van der Waals surface area contributed by atoms with E-state index in [1.807, 2.05) is 12.1 Å². The minimum Gasteiger partial charge on any atom is -0.375 e. The first-order valence-corrected chi connectivity index (χ1v) is 7.00. The molecule has 0 radical (unpaired) electrons. The number of benzene rings is 1. The van der Waals surface area contributed by atoms with Crippen molar-refractivity contribution in [2.45, 2.75) is 13.8 Å². The molecule has 7 heteroatoms. The Morgan fingerprint density at radius 2 is 2.05 bits per heavy atom. The molecular weight excluding hydrogens is 296 g/mol. The van der Waals surface area contributed by atoms with Crippen molar-refractivity contribution >= 4 is 39.7 Å². The molecule has 0 saturated heterocycles. The number of carbonyl (C=O) groups excluding carboxylic acids is 1. The number of rotatable bonds is 3. The quantitative estimate of drug-likeness (QED) is 0.676. The third kappa shape index (κ3) is 3.34. The van der Waals surface area contributed by atoms with Crippen LogP contribution in [0.5, 0.6) is 0 Å². The van der Waals surface area contributed by atoms with Crippen molar-refractivity contribution in [1.82, 2.24) is 10.4 Å². The highest BCUT2D eigenvalue weighted by Gasteiger charge is 2.13. The van der Waals surface area contributed by atoms with Gasteiger partial charge in [-0.1, -0.05) is 35.1 Å². The Bertz CT molecular complexity index is 664. The molecule has 0 aliphatic rings. The lowest BCUT2D eigenvalue weighted by atomic mass is 10.1. The Hall–Kier alpha value is -1.92. The number of hydrogen-bond donors (Lipinski definition) is 2. The zero-order valence-corrected chi connectivity index (χ0v) is 12.5. The van der Waals surface area contributed by atoms with Crippen LogP contribution in [0.3, 0.4) is 0 Å². The van der Waals surface area contributed by atoms with Crippen LogP contribution in [0.1, 0.15) is 27.9 Å². The molecule has 1 aromatic heterocycles. The zero-order chi connectivity index (χ0) is 14.7. The van der Waals surface area contributed by atoms with Gasteiger partial charge >= 0.3 is 0 Å². The number of carbonyl (C=O) groups is 1. The summed E-state index contributed by atoms with van der Waals surface area (Å²) < 4.78 is 0. The summed E-state index contributed by atoms with van der Waals surface area (Å²) in [4.78, 5) is 16.4. The normalized spacial score (nSPS) is 11.4. The molecule has 0 aliphatic heterocycles. The van der Waals surface area contributed by atoms with Gasteiger partial charge in [0.25, 0.3) is 5.91 Å². The first kappa shape index (κ1) is 14.5. The van der Waals surface area contributed by atoms with Gasteiger partial charge in [-0.25, -0.2) is 10.4 Å². The lowest BCUT2D eigenvalue weighted by Gasteiger charge is -2.02. The minimum atomic E-state index is -0.315. The third-order valence-electron chi connectivity index (χ3n) is 2.61. The molecule has 1 heterocycles. The monoisotopic (exact) mass is 308 g/mol. The minimum absolute atomic E-state index is 0.315. The molecule has 2 aromatic rings. The molecule has 0 unspecified atom stereocenters. The summed E-state index contributed by atoms with van der Waals surface area (Å²) in [6, 6.07) is 7.21. The van der Waals surface area contributed by atoms with Crippen LogP contribution in [-0.4, -0.2) is 16.6 Å². The van der Waals surface area contributed by atoms with Gasteiger partial charge in [0.05, 0.1) is 11.4 Å². The van der Waals surface area contributed by atoms with Crippen molar-refractivity contribution in [3.8, 4) is 0 Å². The average Bonchev–Trinajstić information content (AvgIpc) is 2.75. The van der Waals surface area contributed by atoms with Crippen molar-refractivity contribution in [3.63, 3.8) is 0 Å². The number of hydrazone groups is 1. The van der Waals surface area contributed by atoms with E-state index in [0.717, 1.165) is 16.9 Å². The van der Waals surface area contributed by atoms with Crippen LogP contribution in [-0.2, 0) is 0 Å². The molecule has 0 fully saturated rings. The second-order valence-electron chi connectivity index (χ2n) is 4.11. The molecule has 1 aromatic carbocycles. The number of nitrogen functional groups attached to an aromatic ring is 1. The van der Waals surface area contributed by atoms with Crippen LogP contribution in [0.15, 0.2) is 29.4 Å². The van der Waals surface area contributed by atoms with Crippen LogP contribution < -0.4 is 11.2 Å². The molecule has 20 heavy (non-hydrogen) atoms. The molecule has 0 atom stereocenters. The van der Waals surface area contributed by atoms with E-state index in [0.29, 0.717) is 26.4 Å². The summed E-state index contributed by atoms with van der Waals surface area (Å²) in [5.74, 6) is -0.315. The number of halogens is 1. The van der Waals surface area contributed by atoms with E-state index in [-0.39, 0.29) is 5.91 Å². The fraction of sp³-hybridized carbons (Fsp3) is 0.154. The highest BCUT2D eigenvalue weighted by molar-refractivity contribution is 7.17. The van der Waals surface area contributed by atoms with Crippen molar-refractivity contribution in [3.05, 3.63) is 45.4 Å². The highest BCUT2D eigenvalue weighted by atomic mass is 35.5. The van der Waals surface area contributed by atoms with Gasteiger partial charge in [-0.15, -0.1) is 0 Å². The first-order valence-electron chi connectivity index (χ1n) is 5.81. The van der Waals surface area contributed by atoms with Gasteiger partial charge in [-0.2, -0.15) is 5.10 Å². The van der Waals surface area contributed by atoms with Crippen molar-refractivity contribution in [1.29, 1.82) is 0 Å². The number of nitrogens with two attached hydrogens (primary N) is 1. The number of nitrogens with zero attached hydrogens (tertiary/aromatic N) is 2. The van der Waals surface area contributed by atoms with Crippen LogP contribution in [0.25, 0.3) is 0 Å². The SMILES string of the molecule is C/C(=N\NC(=O)c1sc(N)nc1C)c1ccc(Cl)cc1. The van der Waals surface area contributed by atoms with Gasteiger partial charge in [0.15, 0.2) is 5.13 Å². The molecule has 0 bridgehead atoms. The van der Waals surface area contributed by atoms with E-state index in [9.17, 15) is 4.79 Å². The molecule has 0 spiro atoms. The van der Waals surface area contributed by atoms with Gasteiger partial charge in [0.1, 0.15) is 4.88 Å². The Labute approximate surface area is 125 Å². The van der Waals surface area contributed by atoms with Gasteiger partial charge < -0.3 is 5.73 Å². The van der Waals surface area contributed by atoms with E-state index < -0.39 is 0 Å². The van der Waals surface area contributed by atoms with Crippen LogP contribution in [0, 0.1) is 6.92 Å². The largest absolute Gasteiger partial charge is 0.375 e. The Balaban J connectivity index is 2.10. The fourth-order valence-electron chi connectivity index (χ4n) is 1.57. The predicted octanol–water partition coefficient (Wildman–Crippen LogP) is 2.84. The molecule has 5 nitrogen and oxygen atoms in total. The number of amides is 1. The van der Waals surface area contributed by atoms with Gasteiger partial charge in [0.2, 0.25) is 0 Å². The maximum absolute atomic E-state index is 11.9. The van der Waals surface area contributed by atoms with Crippen molar-refractivity contribution < 1.29 is 4.79 Å². The maximum Gasteiger partial charge on any atom is 0.283 e. The van der Waals surface area contributed by atoms with E-state index in [1.165, 1.54) is 0 Å². The van der Waals surface area contributed by atoms with Gasteiger partial charge in [-0.05, 0) is 31.5 Å². The zero-order valence-electron chi connectivity index (χ0n) is 11.0. The summed E-state index contributed by atoms with van der Waals surface area (Å²) in [6.07, 6.45) is 0. The lowest BCUT2D eigenvalue weighted by molar-refractivity contribution is 0.0958. The van der Waals surface area contributed by atoms with Crippen LogP contribution in [0.2, 0.25) is 5.02 Å². The summed E-state index contributed by atoms with van der Waals surface area (Å²) >= 11 is 6.96. The first-order chi connectivity index (χ1) is 9.47. The molecule has 104 valence electrons. The van der Waals surface area contributed by atoms with Crippen LogP contribution >= 0.6 is 22.9 Å². The Morgan fingerprint density at radius 3 is 2.60 bits per heavy atom. The molecule has 3 N–H and O–H groups in total. The summed E-state index contributed by atoms with van der Waals surface area (Å²) in [5, 5.41) is 5.08. The Kier molecular flexibility index (Phi) is 4.36. The second kappa shape index (κ2) is 6.02. The summed E-state index contributed by atoms with van der Waals surface area (Å²) in [7, 11) is 0. The molecule has 1 amide bonds. The predicted molar refractivity (Wildman–Crippen MR) is 82.4 cm³/mol. The average molecular weight is 309 g/mol. The highest BCUT2D eigenvalue weighted by Crippen LogP contribution is 2.19. The van der Waals surface area contributed by atoms with Gasteiger partial charge in [0, 0.05) is 5.02 Å². The topological polar surface area (TPSA) is 80.4 Å². The summed E-state index contributed by atoms with van der Waals surface area (Å²) in [6.45, 7) is 3.54. The van der Waals surface area contributed by atoms with Crippen LogP contribution in [0.4, 0.5) is 5.13 Å². The van der Waals surface area contributed by atoms with E-state index in [4.69, 9.17) is 17.3 Å². The molecule has 0 aliphatic carbocycles. The molecular formula is C13H13ClN4OS. The van der Waals surface area contributed by atoms with Gasteiger partial charge in [-0.3, -0.25) is 4.79 Å². The fourth-order valence-corrected chi connectivity index (χ4v) is 2.42. The lowest BCUT2D eigenvalue weighted by Crippen LogP contribution is -2.19. The van der Waals surface area contributed by atoms with E-state index >= 15 is 0 Å². The van der Waals surface area contributed by atoms with Crippen molar-refractivity contribution in [2.24, 2.45) is 5.10 Å². The summed E-state index contributed by atoms with van der Waals surface area (Å²) in [5.41, 5.74) is 10.2.